The summed E-state index contributed by atoms with van der Waals surface area (Å²) in [7, 11) is 0. The maximum absolute atomic E-state index is 9.56. The van der Waals surface area contributed by atoms with Crippen LogP contribution in [0, 0.1) is 0 Å². The molecule has 17 heavy (non-hydrogen) atoms. The van der Waals surface area contributed by atoms with Gasteiger partial charge < -0.3 is 40.1 Å². The molecule has 1 aliphatic rings. The van der Waals surface area contributed by atoms with E-state index in [1.54, 1.807) is 0 Å². The summed E-state index contributed by atoms with van der Waals surface area (Å²) in [5.74, 6) is 0. The molecule has 1 fully saturated rings. The minimum Gasteiger partial charge on any atom is -0.394 e. The van der Waals surface area contributed by atoms with E-state index >= 15 is 0 Å². The molecule has 1 heterocycles. The fourth-order valence-electron chi connectivity index (χ4n) is 1.51. The van der Waals surface area contributed by atoms with E-state index < -0.39 is 56.6 Å². The summed E-state index contributed by atoms with van der Waals surface area (Å²) in [5.41, 5.74) is 0. The fourth-order valence-corrected chi connectivity index (χ4v) is 1.51. The van der Waals surface area contributed by atoms with Gasteiger partial charge >= 0.3 is 0 Å². The van der Waals surface area contributed by atoms with Crippen LogP contribution in [0.25, 0.3) is 0 Å². The number of aliphatic hydroxyl groups is 6. The first kappa shape index (κ1) is 14.7. The Hall–Kier alpha value is -0.320. The van der Waals surface area contributed by atoms with Gasteiger partial charge in [0.05, 0.1) is 19.8 Å². The number of rotatable bonds is 5. The molecule has 0 aromatic heterocycles. The van der Waals surface area contributed by atoms with Gasteiger partial charge in [0.25, 0.3) is 0 Å². The Morgan fingerprint density at radius 1 is 0.941 bits per heavy atom. The van der Waals surface area contributed by atoms with Crippen LogP contribution in [0.5, 0.6) is 0 Å². The second kappa shape index (κ2) is 6.57. The molecule has 0 amide bonds. The van der Waals surface area contributed by atoms with E-state index in [1.165, 1.54) is 0 Å². The van der Waals surface area contributed by atoms with Gasteiger partial charge in [-0.3, -0.25) is 0 Å². The van der Waals surface area contributed by atoms with Crippen LogP contribution in [0.4, 0.5) is 0 Å². The minimum atomic E-state index is -1.54. The van der Waals surface area contributed by atoms with Gasteiger partial charge in [0, 0.05) is 0 Å². The summed E-state index contributed by atoms with van der Waals surface area (Å²) < 4.78 is 10.0. The van der Waals surface area contributed by atoms with Gasteiger partial charge in [-0.05, 0) is 0 Å². The van der Waals surface area contributed by atoms with Crippen LogP contribution in [-0.2, 0) is 9.47 Å². The van der Waals surface area contributed by atoms with Gasteiger partial charge in [-0.25, -0.2) is 0 Å². The lowest BCUT2D eigenvalue weighted by Crippen LogP contribution is -2.60. The Labute approximate surface area is 97.6 Å². The van der Waals surface area contributed by atoms with Crippen LogP contribution in [0.1, 0.15) is 0 Å². The maximum Gasteiger partial charge on any atom is 0.187 e. The van der Waals surface area contributed by atoms with E-state index in [2.05, 4.69) is 0 Å². The van der Waals surface area contributed by atoms with Crippen molar-refractivity contribution in [2.75, 3.05) is 19.8 Å². The normalized spacial score (nSPS) is 38.6. The third-order valence-electron chi connectivity index (χ3n) is 2.58. The van der Waals surface area contributed by atoms with Crippen LogP contribution < -0.4 is 0 Å². The van der Waals surface area contributed by atoms with Gasteiger partial charge in [0.15, 0.2) is 6.29 Å². The zero-order valence-corrected chi connectivity index (χ0v) is 9.09. The average Bonchev–Trinajstić information content (AvgIpc) is 2.35. The lowest BCUT2D eigenvalue weighted by atomic mass is 9.99. The van der Waals surface area contributed by atoms with Crippen molar-refractivity contribution in [2.45, 2.75) is 36.8 Å². The quantitative estimate of drug-likeness (QED) is 0.293. The van der Waals surface area contributed by atoms with Crippen LogP contribution in [0.15, 0.2) is 0 Å². The van der Waals surface area contributed by atoms with Crippen LogP contribution in [0.3, 0.4) is 0 Å². The lowest BCUT2D eigenvalue weighted by Gasteiger charge is -2.40. The van der Waals surface area contributed by atoms with Crippen molar-refractivity contribution in [3.05, 3.63) is 0 Å². The topological polar surface area (TPSA) is 140 Å². The first-order valence-corrected chi connectivity index (χ1v) is 5.22. The van der Waals surface area contributed by atoms with E-state index in [1.807, 2.05) is 0 Å². The molecule has 1 rings (SSSR count). The predicted octanol–water partition coefficient (Wildman–Crippen LogP) is -3.84. The van der Waals surface area contributed by atoms with Crippen LogP contribution in [-0.4, -0.2) is 87.3 Å². The molecule has 8 nitrogen and oxygen atoms in total. The van der Waals surface area contributed by atoms with Gasteiger partial charge in [0.1, 0.15) is 30.5 Å². The van der Waals surface area contributed by atoms with E-state index in [0.717, 1.165) is 0 Å². The van der Waals surface area contributed by atoms with Crippen LogP contribution in [0.2, 0.25) is 0 Å². The smallest absolute Gasteiger partial charge is 0.187 e. The molecule has 0 radical (unpaired) electrons. The third-order valence-corrected chi connectivity index (χ3v) is 2.58. The molecule has 0 spiro atoms. The van der Waals surface area contributed by atoms with Crippen molar-refractivity contribution in [2.24, 2.45) is 0 Å². The monoisotopic (exact) mass is 254 g/mol. The highest BCUT2D eigenvalue weighted by Crippen LogP contribution is 2.22. The molecule has 102 valence electrons. The Bertz CT molecular complexity index is 217. The SMILES string of the molecule is OCC(CO)OC1O[C@H](CO)[C@@H](O)[C@H](O)[C@H]1O. The number of ether oxygens (including phenoxy) is 2. The number of hydrogen-bond donors (Lipinski definition) is 6. The van der Waals surface area contributed by atoms with Crippen molar-refractivity contribution in [1.82, 2.24) is 0 Å². The Kier molecular flexibility index (Phi) is 5.70. The molecule has 6 N–H and O–H groups in total. The fraction of sp³-hybridized carbons (Fsp3) is 1.00. The highest BCUT2D eigenvalue weighted by molar-refractivity contribution is 4.89. The maximum atomic E-state index is 9.56. The molecule has 0 saturated carbocycles. The highest BCUT2D eigenvalue weighted by Gasteiger charge is 2.44. The van der Waals surface area contributed by atoms with Crippen molar-refractivity contribution >= 4 is 0 Å². The molecule has 5 atom stereocenters. The zero-order valence-electron chi connectivity index (χ0n) is 9.09. The summed E-state index contributed by atoms with van der Waals surface area (Å²) in [5, 5.41) is 55.0. The molecular weight excluding hydrogens is 236 g/mol. The van der Waals surface area contributed by atoms with E-state index in [4.69, 9.17) is 24.8 Å². The Morgan fingerprint density at radius 2 is 1.53 bits per heavy atom. The van der Waals surface area contributed by atoms with E-state index in [9.17, 15) is 15.3 Å². The van der Waals surface area contributed by atoms with Gasteiger partial charge in [-0.1, -0.05) is 0 Å². The minimum absolute atomic E-state index is 0.495. The molecule has 0 aromatic carbocycles. The molecule has 1 saturated heterocycles. The largest absolute Gasteiger partial charge is 0.394 e. The summed E-state index contributed by atoms with van der Waals surface area (Å²) in [6, 6.07) is 0. The molecule has 8 heteroatoms. The standard InChI is InChI=1S/C9H18O8/c10-1-4(2-11)16-9-8(15)7(14)6(13)5(3-12)17-9/h4-15H,1-3H2/t5-,6-,7+,8-,9?/m1/s1. The molecule has 0 aromatic rings. The lowest BCUT2D eigenvalue weighted by molar-refractivity contribution is -0.315. The second-order valence-corrected chi connectivity index (χ2v) is 3.82. The summed E-state index contributed by atoms with van der Waals surface area (Å²) in [4.78, 5) is 0. The first-order valence-electron chi connectivity index (χ1n) is 5.22. The molecule has 1 unspecified atom stereocenters. The number of hydrogen-bond acceptors (Lipinski definition) is 8. The van der Waals surface area contributed by atoms with Crippen molar-refractivity contribution < 1.29 is 40.1 Å². The summed E-state index contributed by atoms with van der Waals surface area (Å²) in [6.07, 6.45) is -7.92. The number of aliphatic hydroxyl groups excluding tert-OH is 6. The summed E-state index contributed by atoms with van der Waals surface area (Å²) >= 11 is 0. The highest BCUT2D eigenvalue weighted by atomic mass is 16.7. The average molecular weight is 254 g/mol. The molecular formula is C9H18O8. The predicted molar refractivity (Wildman–Crippen MR) is 52.8 cm³/mol. The Balaban J connectivity index is 2.65. The molecule has 0 bridgehead atoms. The third kappa shape index (κ3) is 3.33. The Morgan fingerprint density at radius 3 is 2.00 bits per heavy atom. The molecule has 0 aliphatic carbocycles. The van der Waals surface area contributed by atoms with E-state index in [0.29, 0.717) is 0 Å². The van der Waals surface area contributed by atoms with Gasteiger partial charge in [-0.15, -0.1) is 0 Å². The van der Waals surface area contributed by atoms with Crippen molar-refractivity contribution in [3.63, 3.8) is 0 Å². The van der Waals surface area contributed by atoms with Gasteiger partial charge in [-0.2, -0.15) is 0 Å². The second-order valence-electron chi connectivity index (χ2n) is 3.82. The zero-order chi connectivity index (χ0) is 13.0. The van der Waals surface area contributed by atoms with Crippen molar-refractivity contribution in [1.29, 1.82) is 0 Å². The van der Waals surface area contributed by atoms with Crippen molar-refractivity contribution in [3.8, 4) is 0 Å². The summed E-state index contributed by atoms with van der Waals surface area (Å²) in [6.45, 7) is -1.55. The first-order chi connectivity index (χ1) is 8.04. The van der Waals surface area contributed by atoms with Crippen LogP contribution >= 0.6 is 0 Å². The van der Waals surface area contributed by atoms with Gasteiger partial charge in [0.2, 0.25) is 0 Å². The molecule has 1 aliphatic heterocycles. The van der Waals surface area contributed by atoms with E-state index in [-0.39, 0.29) is 0 Å².